The van der Waals surface area contributed by atoms with Crippen molar-refractivity contribution >= 4 is 17.5 Å². The summed E-state index contributed by atoms with van der Waals surface area (Å²) in [7, 11) is 0. The maximum Gasteiger partial charge on any atom is 0.224 e. The number of nitrogens with zero attached hydrogens (tertiary/aromatic N) is 2. The van der Waals surface area contributed by atoms with Crippen LogP contribution in [0, 0.1) is 26.6 Å². The zero-order valence-electron chi connectivity index (χ0n) is 15.6. The van der Waals surface area contributed by atoms with E-state index >= 15 is 0 Å². The maximum absolute atomic E-state index is 13.6. The molecule has 1 aromatic heterocycles. The van der Waals surface area contributed by atoms with Crippen LogP contribution in [0.15, 0.2) is 24.3 Å². The first-order valence-corrected chi connectivity index (χ1v) is 8.61. The lowest BCUT2D eigenvalue weighted by Crippen LogP contribution is -2.36. The Balaban J connectivity index is 1.78. The number of hydrogen-bond acceptors (Lipinski definition) is 3. The van der Waals surface area contributed by atoms with Gasteiger partial charge in [0.1, 0.15) is 5.82 Å². The molecule has 1 aromatic carbocycles. The normalized spacial score (nSPS) is 11.9. The van der Waals surface area contributed by atoms with Crippen LogP contribution in [-0.2, 0) is 16.1 Å². The molecule has 2 N–H and O–H groups in total. The summed E-state index contributed by atoms with van der Waals surface area (Å²) >= 11 is 0. The van der Waals surface area contributed by atoms with Crippen molar-refractivity contribution in [1.29, 1.82) is 0 Å². The van der Waals surface area contributed by atoms with Gasteiger partial charge in [-0.3, -0.25) is 14.3 Å². The van der Waals surface area contributed by atoms with Crippen LogP contribution in [-0.4, -0.2) is 27.6 Å². The van der Waals surface area contributed by atoms with Crippen molar-refractivity contribution in [3.8, 4) is 0 Å². The van der Waals surface area contributed by atoms with E-state index in [1.54, 1.807) is 12.1 Å². The van der Waals surface area contributed by atoms with Crippen LogP contribution >= 0.6 is 0 Å². The number of benzene rings is 1. The van der Waals surface area contributed by atoms with Crippen molar-refractivity contribution in [1.82, 2.24) is 15.1 Å². The number of aryl methyl sites for hydroxylation is 3. The van der Waals surface area contributed by atoms with E-state index in [-0.39, 0.29) is 30.5 Å². The molecule has 0 saturated heterocycles. The third-order valence-corrected chi connectivity index (χ3v) is 3.93. The number of nitrogens with one attached hydrogen (secondary N) is 2. The first-order chi connectivity index (χ1) is 12.2. The Morgan fingerprint density at radius 1 is 1.15 bits per heavy atom. The molecule has 2 aromatic rings. The summed E-state index contributed by atoms with van der Waals surface area (Å²) in [6.45, 7) is 8.14. The van der Waals surface area contributed by atoms with Crippen LogP contribution in [0.1, 0.15) is 36.7 Å². The Hall–Kier alpha value is -2.70. The second kappa shape index (κ2) is 8.60. The molecule has 0 radical (unpaired) electrons. The minimum absolute atomic E-state index is 0.00809. The van der Waals surface area contributed by atoms with E-state index in [0.717, 1.165) is 17.0 Å². The van der Waals surface area contributed by atoms with Crippen molar-refractivity contribution in [2.24, 2.45) is 0 Å². The highest BCUT2D eigenvalue weighted by Gasteiger charge is 2.13. The number of anilines is 1. The van der Waals surface area contributed by atoms with E-state index in [0.29, 0.717) is 6.54 Å². The second-order valence-electron chi connectivity index (χ2n) is 6.61. The lowest BCUT2D eigenvalue weighted by Gasteiger charge is -2.15. The summed E-state index contributed by atoms with van der Waals surface area (Å²) in [5, 5.41) is 9.71. The molecule has 26 heavy (non-hydrogen) atoms. The predicted octanol–water partition coefficient (Wildman–Crippen LogP) is 2.87. The Bertz CT molecular complexity index is 801. The van der Waals surface area contributed by atoms with Gasteiger partial charge in [0.15, 0.2) is 0 Å². The molecule has 140 valence electrons. The summed E-state index contributed by atoms with van der Waals surface area (Å²) in [6, 6.07) is 6.35. The highest BCUT2D eigenvalue weighted by atomic mass is 19.1. The zero-order valence-corrected chi connectivity index (χ0v) is 15.6. The Morgan fingerprint density at radius 3 is 2.50 bits per heavy atom. The second-order valence-corrected chi connectivity index (χ2v) is 6.61. The van der Waals surface area contributed by atoms with Crippen molar-refractivity contribution in [3.05, 3.63) is 47.0 Å². The zero-order chi connectivity index (χ0) is 19.3. The van der Waals surface area contributed by atoms with Crippen molar-refractivity contribution in [2.45, 2.75) is 53.1 Å². The van der Waals surface area contributed by atoms with E-state index in [9.17, 15) is 14.0 Å². The average Bonchev–Trinajstić information content (AvgIpc) is 2.86. The third kappa shape index (κ3) is 5.68. The maximum atomic E-state index is 13.6. The first-order valence-electron chi connectivity index (χ1n) is 8.61. The topological polar surface area (TPSA) is 76.0 Å². The van der Waals surface area contributed by atoms with Crippen LogP contribution in [0.2, 0.25) is 0 Å². The van der Waals surface area contributed by atoms with E-state index in [1.165, 1.54) is 6.07 Å². The van der Waals surface area contributed by atoms with Crippen LogP contribution in [0.4, 0.5) is 10.1 Å². The molecule has 2 amide bonds. The first kappa shape index (κ1) is 19.6. The standard InChI is InChI=1S/C19H25FN4O2/c1-12-5-6-16(20)17(9-12)22-19(26)8-7-18(25)21-14(3)11-24-15(4)10-13(2)23-24/h5-6,9-10,14H,7-8,11H2,1-4H3,(H,21,25)(H,22,26)/t14-/m0/s1. The molecule has 0 aliphatic heterocycles. The lowest BCUT2D eigenvalue weighted by molar-refractivity contribution is -0.124. The van der Waals surface area contributed by atoms with E-state index < -0.39 is 11.7 Å². The molecule has 0 bridgehead atoms. The van der Waals surface area contributed by atoms with E-state index in [2.05, 4.69) is 15.7 Å². The molecular formula is C19H25FN4O2. The Kier molecular flexibility index (Phi) is 6.49. The molecule has 2 rings (SSSR count). The molecule has 0 aliphatic rings. The highest BCUT2D eigenvalue weighted by molar-refractivity contribution is 5.93. The Morgan fingerprint density at radius 2 is 1.85 bits per heavy atom. The van der Waals surface area contributed by atoms with Gasteiger partial charge >= 0.3 is 0 Å². The smallest absolute Gasteiger partial charge is 0.224 e. The lowest BCUT2D eigenvalue weighted by atomic mass is 10.2. The molecule has 1 heterocycles. The number of aromatic nitrogens is 2. The van der Waals surface area contributed by atoms with Gasteiger partial charge in [-0.1, -0.05) is 6.07 Å². The molecule has 0 unspecified atom stereocenters. The van der Waals surface area contributed by atoms with Crippen LogP contribution in [0.5, 0.6) is 0 Å². The molecule has 7 heteroatoms. The van der Waals surface area contributed by atoms with E-state index in [1.807, 2.05) is 38.4 Å². The highest BCUT2D eigenvalue weighted by Crippen LogP contribution is 2.16. The molecule has 0 fully saturated rings. The summed E-state index contributed by atoms with van der Waals surface area (Å²) in [4.78, 5) is 23.9. The minimum atomic E-state index is -0.494. The fourth-order valence-corrected chi connectivity index (χ4v) is 2.69. The van der Waals surface area contributed by atoms with E-state index in [4.69, 9.17) is 0 Å². The van der Waals surface area contributed by atoms with Crippen LogP contribution in [0.3, 0.4) is 0 Å². The number of hydrogen-bond donors (Lipinski definition) is 2. The summed E-state index contributed by atoms with van der Waals surface area (Å²) in [6.07, 6.45) is 0.0343. The van der Waals surface area contributed by atoms with Crippen molar-refractivity contribution < 1.29 is 14.0 Å². The number of carbonyl (C=O) groups is 2. The van der Waals surface area contributed by atoms with Crippen molar-refractivity contribution in [2.75, 3.05) is 5.32 Å². The van der Waals surface area contributed by atoms with Gasteiger partial charge in [0, 0.05) is 24.6 Å². The summed E-state index contributed by atoms with van der Waals surface area (Å²) in [5.41, 5.74) is 2.94. The van der Waals surface area contributed by atoms with Gasteiger partial charge in [0.25, 0.3) is 0 Å². The largest absolute Gasteiger partial charge is 0.352 e. The quantitative estimate of drug-likeness (QED) is 0.797. The average molecular weight is 360 g/mol. The molecule has 0 saturated carbocycles. The molecule has 6 nitrogen and oxygen atoms in total. The van der Waals surface area contributed by atoms with Gasteiger partial charge < -0.3 is 10.6 Å². The number of halogens is 1. The molecule has 0 spiro atoms. The number of amides is 2. The third-order valence-electron chi connectivity index (χ3n) is 3.93. The number of rotatable bonds is 7. The van der Waals surface area contributed by atoms with Gasteiger partial charge in [-0.2, -0.15) is 5.10 Å². The van der Waals surface area contributed by atoms with Gasteiger partial charge in [-0.05, 0) is 51.5 Å². The monoisotopic (exact) mass is 360 g/mol. The van der Waals surface area contributed by atoms with Crippen LogP contribution < -0.4 is 10.6 Å². The summed E-state index contributed by atoms with van der Waals surface area (Å²) < 4.78 is 15.5. The Labute approximate surface area is 152 Å². The fraction of sp³-hybridized carbons (Fsp3) is 0.421. The predicted molar refractivity (Wildman–Crippen MR) is 98.3 cm³/mol. The van der Waals surface area contributed by atoms with Gasteiger partial charge in [0.05, 0.1) is 17.9 Å². The molecule has 1 atom stereocenters. The van der Waals surface area contributed by atoms with Crippen LogP contribution in [0.25, 0.3) is 0 Å². The number of carbonyl (C=O) groups excluding carboxylic acids is 2. The fourth-order valence-electron chi connectivity index (χ4n) is 2.69. The van der Waals surface area contributed by atoms with Gasteiger partial charge in [-0.25, -0.2) is 4.39 Å². The SMILES string of the molecule is Cc1ccc(F)c(NC(=O)CCC(=O)N[C@@H](C)Cn2nc(C)cc2C)c1. The van der Waals surface area contributed by atoms with Gasteiger partial charge in [-0.15, -0.1) is 0 Å². The summed E-state index contributed by atoms with van der Waals surface area (Å²) in [5.74, 6) is -1.11. The van der Waals surface area contributed by atoms with Crippen molar-refractivity contribution in [3.63, 3.8) is 0 Å². The molecular weight excluding hydrogens is 335 g/mol. The minimum Gasteiger partial charge on any atom is -0.352 e. The van der Waals surface area contributed by atoms with Gasteiger partial charge in [0.2, 0.25) is 11.8 Å². The molecule has 0 aliphatic carbocycles.